The van der Waals surface area contributed by atoms with Crippen LogP contribution in [0.25, 0.3) is 28.1 Å². The fourth-order valence-corrected chi connectivity index (χ4v) is 3.22. The predicted molar refractivity (Wildman–Crippen MR) is 91.1 cm³/mol. The monoisotopic (exact) mass is 301 g/mol. The van der Waals surface area contributed by atoms with E-state index in [0.717, 1.165) is 0 Å². The van der Waals surface area contributed by atoms with E-state index in [1.807, 2.05) is 6.07 Å². The van der Waals surface area contributed by atoms with Crippen molar-refractivity contribution in [1.82, 2.24) is 4.57 Å². The summed E-state index contributed by atoms with van der Waals surface area (Å²) in [5, 5.41) is 0. The second kappa shape index (κ2) is 5.36. The Morgan fingerprint density at radius 3 is 2.13 bits per heavy atom. The number of rotatable bonds is 2. The van der Waals surface area contributed by atoms with Crippen LogP contribution in [0.2, 0.25) is 0 Å². The molecule has 4 aromatic rings. The van der Waals surface area contributed by atoms with Gasteiger partial charge in [0.05, 0.1) is 19.7 Å². The standard InChI is InChI=1S/C20H19N3/c1-21-18-10-6-7-11-19(18)22(2)20(21)16-12-14-23(15-13-16)17-8-4-3-5-9-17/h3-15H,1-2H3/q+2. The molecule has 3 nitrogen and oxygen atoms in total. The lowest BCUT2D eigenvalue weighted by atomic mass is 10.2. The van der Waals surface area contributed by atoms with E-state index in [1.165, 1.54) is 28.1 Å². The van der Waals surface area contributed by atoms with Crippen LogP contribution in [0.5, 0.6) is 0 Å². The molecule has 0 fully saturated rings. The average Bonchev–Trinajstić information content (AvgIpc) is 2.87. The Balaban J connectivity index is 1.83. The minimum atomic E-state index is 1.17. The minimum Gasteiger partial charge on any atom is -0.226 e. The van der Waals surface area contributed by atoms with Crippen LogP contribution in [0.3, 0.4) is 0 Å². The second-order valence-electron chi connectivity index (χ2n) is 5.76. The van der Waals surface area contributed by atoms with Crippen molar-refractivity contribution in [3.63, 3.8) is 0 Å². The van der Waals surface area contributed by atoms with Gasteiger partial charge in [0.1, 0.15) is 0 Å². The van der Waals surface area contributed by atoms with Crippen LogP contribution in [-0.2, 0) is 14.1 Å². The van der Waals surface area contributed by atoms with E-state index in [1.54, 1.807) is 0 Å². The van der Waals surface area contributed by atoms with Crippen molar-refractivity contribution in [3.8, 4) is 17.1 Å². The third-order valence-electron chi connectivity index (χ3n) is 4.38. The van der Waals surface area contributed by atoms with Gasteiger partial charge < -0.3 is 0 Å². The molecule has 0 unspecified atom stereocenters. The van der Waals surface area contributed by atoms with Gasteiger partial charge in [-0.2, -0.15) is 4.57 Å². The molecule has 0 aliphatic rings. The molecule has 0 saturated heterocycles. The van der Waals surface area contributed by atoms with Crippen LogP contribution in [0, 0.1) is 0 Å². The normalized spacial score (nSPS) is 11.0. The van der Waals surface area contributed by atoms with Crippen LogP contribution in [-0.4, -0.2) is 4.57 Å². The van der Waals surface area contributed by atoms with Crippen LogP contribution < -0.4 is 9.13 Å². The molecular formula is C20H19N3+2. The number of nitrogens with zero attached hydrogens (tertiary/aromatic N) is 3. The molecule has 0 bridgehead atoms. The van der Waals surface area contributed by atoms with E-state index in [4.69, 9.17) is 0 Å². The third kappa shape index (κ3) is 2.21. The van der Waals surface area contributed by atoms with Crippen molar-refractivity contribution in [1.29, 1.82) is 0 Å². The summed E-state index contributed by atoms with van der Waals surface area (Å²) in [6.45, 7) is 0. The summed E-state index contributed by atoms with van der Waals surface area (Å²) in [7, 11) is 4.24. The number of aryl methyl sites for hydroxylation is 2. The molecular weight excluding hydrogens is 282 g/mol. The van der Waals surface area contributed by atoms with Gasteiger partial charge in [-0.3, -0.25) is 0 Å². The van der Waals surface area contributed by atoms with Gasteiger partial charge in [-0.15, -0.1) is 0 Å². The Kier molecular flexibility index (Phi) is 3.19. The number of aromatic nitrogens is 3. The van der Waals surface area contributed by atoms with Gasteiger partial charge in [0.2, 0.25) is 5.69 Å². The molecule has 0 radical (unpaired) electrons. The summed E-state index contributed by atoms with van der Waals surface area (Å²) in [5.74, 6) is 1.20. The SMILES string of the molecule is Cn1c(-c2cc[n+](-c3ccccc3)cc2)[n+](C)c2ccccc21. The molecule has 0 N–H and O–H groups in total. The van der Waals surface area contributed by atoms with E-state index in [2.05, 4.69) is 101 Å². The zero-order valence-electron chi connectivity index (χ0n) is 13.3. The maximum Gasteiger partial charge on any atom is 0.289 e. The molecule has 0 aliphatic heterocycles. The Labute approximate surface area is 135 Å². The topological polar surface area (TPSA) is 12.7 Å². The van der Waals surface area contributed by atoms with E-state index in [-0.39, 0.29) is 0 Å². The maximum atomic E-state index is 2.25. The summed E-state index contributed by atoms with van der Waals surface area (Å²) in [5.41, 5.74) is 4.86. The van der Waals surface area contributed by atoms with Gasteiger partial charge in [0.15, 0.2) is 23.4 Å². The third-order valence-corrected chi connectivity index (χ3v) is 4.38. The second-order valence-corrected chi connectivity index (χ2v) is 5.76. The van der Waals surface area contributed by atoms with Crippen molar-refractivity contribution >= 4 is 11.0 Å². The molecule has 0 amide bonds. The average molecular weight is 301 g/mol. The Hall–Kier alpha value is -2.94. The van der Waals surface area contributed by atoms with Crippen molar-refractivity contribution < 1.29 is 9.13 Å². The molecule has 0 saturated carbocycles. The van der Waals surface area contributed by atoms with Gasteiger partial charge >= 0.3 is 0 Å². The van der Waals surface area contributed by atoms with Gasteiger partial charge in [-0.25, -0.2) is 9.13 Å². The Morgan fingerprint density at radius 1 is 0.783 bits per heavy atom. The quantitative estimate of drug-likeness (QED) is 0.505. The van der Waals surface area contributed by atoms with E-state index in [0.29, 0.717) is 0 Å². The summed E-state index contributed by atoms with van der Waals surface area (Å²) in [6.07, 6.45) is 4.23. The highest BCUT2D eigenvalue weighted by Gasteiger charge is 2.22. The minimum absolute atomic E-state index is 1.17. The lowest BCUT2D eigenvalue weighted by Gasteiger charge is -1.99. The first kappa shape index (κ1) is 13.7. The zero-order chi connectivity index (χ0) is 15.8. The van der Waals surface area contributed by atoms with Crippen molar-refractivity contribution in [3.05, 3.63) is 79.1 Å². The number of para-hydroxylation sites is 3. The van der Waals surface area contributed by atoms with Crippen LogP contribution in [0.1, 0.15) is 0 Å². The van der Waals surface area contributed by atoms with Gasteiger partial charge in [-0.1, -0.05) is 30.3 Å². The summed E-state index contributed by atoms with van der Waals surface area (Å²) < 4.78 is 6.63. The van der Waals surface area contributed by atoms with Crippen LogP contribution >= 0.6 is 0 Å². The molecule has 0 spiro atoms. The maximum absolute atomic E-state index is 2.25. The van der Waals surface area contributed by atoms with Crippen LogP contribution in [0.15, 0.2) is 79.1 Å². The highest BCUT2D eigenvalue weighted by atomic mass is 15.1. The lowest BCUT2D eigenvalue weighted by Crippen LogP contribution is -2.32. The smallest absolute Gasteiger partial charge is 0.226 e. The van der Waals surface area contributed by atoms with Crippen molar-refractivity contribution in [2.45, 2.75) is 0 Å². The number of hydrogen-bond donors (Lipinski definition) is 0. The number of hydrogen-bond acceptors (Lipinski definition) is 0. The highest BCUT2D eigenvalue weighted by molar-refractivity contribution is 5.75. The largest absolute Gasteiger partial charge is 0.289 e. The van der Waals surface area contributed by atoms with Gasteiger partial charge in [0, 0.05) is 24.3 Å². The van der Waals surface area contributed by atoms with Gasteiger partial charge in [-0.05, 0) is 12.1 Å². The first-order valence-electron chi connectivity index (χ1n) is 7.76. The van der Waals surface area contributed by atoms with E-state index < -0.39 is 0 Å². The molecule has 2 aromatic heterocycles. The van der Waals surface area contributed by atoms with Crippen LogP contribution in [0.4, 0.5) is 0 Å². The summed E-state index contributed by atoms with van der Waals surface area (Å²) in [6, 6.07) is 23.2. The Morgan fingerprint density at radius 2 is 1.43 bits per heavy atom. The fourth-order valence-electron chi connectivity index (χ4n) is 3.22. The predicted octanol–water partition coefficient (Wildman–Crippen LogP) is 2.95. The molecule has 4 rings (SSSR count). The zero-order valence-corrected chi connectivity index (χ0v) is 13.3. The molecule has 0 aliphatic carbocycles. The number of benzene rings is 2. The van der Waals surface area contributed by atoms with Crippen molar-refractivity contribution in [2.75, 3.05) is 0 Å². The van der Waals surface area contributed by atoms with E-state index in [9.17, 15) is 0 Å². The number of fused-ring (bicyclic) bond motifs is 1. The molecule has 23 heavy (non-hydrogen) atoms. The molecule has 3 heteroatoms. The van der Waals surface area contributed by atoms with Gasteiger partial charge in [0.25, 0.3) is 5.82 Å². The number of pyridine rings is 1. The lowest BCUT2D eigenvalue weighted by molar-refractivity contribution is -0.634. The number of imidazole rings is 1. The molecule has 2 heterocycles. The highest BCUT2D eigenvalue weighted by Crippen LogP contribution is 2.20. The Bertz CT molecular complexity index is 928. The molecule has 2 aromatic carbocycles. The molecule has 0 atom stereocenters. The fraction of sp³-hybridized carbons (Fsp3) is 0.100. The van der Waals surface area contributed by atoms with Crippen molar-refractivity contribution in [2.24, 2.45) is 14.1 Å². The summed E-state index contributed by atoms with van der Waals surface area (Å²) >= 11 is 0. The first-order valence-corrected chi connectivity index (χ1v) is 7.76. The first-order chi connectivity index (χ1) is 11.3. The van der Waals surface area contributed by atoms with E-state index >= 15 is 0 Å². The summed E-state index contributed by atoms with van der Waals surface area (Å²) in [4.78, 5) is 0. The molecule has 112 valence electrons.